The number of rotatable bonds is 4. The number of halogens is 4. The fourth-order valence-electron chi connectivity index (χ4n) is 2.35. The van der Waals surface area contributed by atoms with Gasteiger partial charge in [-0.05, 0) is 36.4 Å². The van der Waals surface area contributed by atoms with Gasteiger partial charge in [-0.3, -0.25) is 4.79 Å². The van der Waals surface area contributed by atoms with Crippen LogP contribution in [0.4, 0.5) is 18.9 Å². The number of thioether (sulfide) groups is 1. The maximum absolute atomic E-state index is 12.8. The van der Waals surface area contributed by atoms with Crippen molar-refractivity contribution in [1.29, 1.82) is 0 Å². The molecule has 1 unspecified atom stereocenters. The summed E-state index contributed by atoms with van der Waals surface area (Å²) in [7, 11) is 0. The molecule has 0 spiro atoms. The van der Waals surface area contributed by atoms with Crippen molar-refractivity contribution in [3.63, 3.8) is 0 Å². The minimum Gasteiger partial charge on any atom is -0.473 e. The van der Waals surface area contributed by atoms with E-state index in [4.69, 9.17) is 16.3 Å². The number of alkyl halides is 3. The van der Waals surface area contributed by atoms with Crippen molar-refractivity contribution < 1.29 is 22.7 Å². The average molecular weight is 403 g/mol. The number of aromatic nitrogens is 1. The van der Waals surface area contributed by atoms with Crippen molar-refractivity contribution in [2.24, 2.45) is 0 Å². The number of benzene rings is 1. The van der Waals surface area contributed by atoms with Crippen LogP contribution in [-0.2, 0) is 6.18 Å². The Morgan fingerprint density at radius 1 is 1.31 bits per heavy atom. The second-order valence-electron chi connectivity index (χ2n) is 5.64. The summed E-state index contributed by atoms with van der Waals surface area (Å²) in [6.07, 6.45) is -2.16. The summed E-state index contributed by atoms with van der Waals surface area (Å²) >= 11 is 7.68. The van der Waals surface area contributed by atoms with E-state index in [2.05, 4.69) is 10.3 Å². The van der Waals surface area contributed by atoms with E-state index >= 15 is 0 Å². The molecule has 2 aromatic rings. The Hall–Kier alpha value is -1.93. The Morgan fingerprint density at radius 2 is 2.12 bits per heavy atom. The Labute approximate surface area is 157 Å². The van der Waals surface area contributed by atoms with Crippen LogP contribution in [0, 0.1) is 0 Å². The molecule has 1 aromatic carbocycles. The van der Waals surface area contributed by atoms with Gasteiger partial charge in [-0.25, -0.2) is 4.98 Å². The number of nitrogens with one attached hydrogen (secondary N) is 1. The van der Waals surface area contributed by atoms with Gasteiger partial charge >= 0.3 is 6.18 Å². The first-order valence-electron chi connectivity index (χ1n) is 7.71. The zero-order valence-corrected chi connectivity index (χ0v) is 14.9. The largest absolute Gasteiger partial charge is 0.473 e. The predicted octanol–water partition coefficient (Wildman–Crippen LogP) is 4.89. The van der Waals surface area contributed by atoms with Gasteiger partial charge in [0.25, 0.3) is 5.91 Å². The standard InChI is InChI=1S/C17H14ClF3N2O2S/c18-13-3-2-11(17(19,20)21)7-14(13)23-16(24)10-1-4-15(22-8-10)25-12-5-6-26-9-12/h1-4,7-8,12H,5-6,9H2,(H,23,24). The highest BCUT2D eigenvalue weighted by molar-refractivity contribution is 7.99. The van der Waals surface area contributed by atoms with Crippen LogP contribution in [0.25, 0.3) is 0 Å². The van der Waals surface area contributed by atoms with Crippen molar-refractivity contribution in [2.75, 3.05) is 16.8 Å². The van der Waals surface area contributed by atoms with E-state index in [1.165, 1.54) is 12.3 Å². The van der Waals surface area contributed by atoms with E-state index in [-0.39, 0.29) is 22.4 Å². The summed E-state index contributed by atoms with van der Waals surface area (Å²) in [6.45, 7) is 0. The normalized spacial score (nSPS) is 17.2. The number of pyridine rings is 1. The zero-order chi connectivity index (χ0) is 18.7. The summed E-state index contributed by atoms with van der Waals surface area (Å²) in [6, 6.07) is 5.80. The monoisotopic (exact) mass is 402 g/mol. The van der Waals surface area contributed by atoms with Crippen LogP contribution in [0.2, 0.25) is 5.02 Å². The molecule has 1 aliphatic heterocycles. The van der Waals surface area contributed by atoms with Gasteiger partial charge in [-0.1, -0.05) is 11.6 Å². The number of anilines is 1. The second kappa shape index (κ2) is 7.75. The molecule has 3 rings (SSSR count). The van der Waals surface area contributed by atoms with Crippen molar-refractivity contribution in [2.45, 2.75) is 18.7 Å². The number of carbonyl (C=O) groups excluding carboxylic acids is 1. The lowest BCUT2D eigenvalue weighted by Crippen LogP contribution is -2.16. The Bertz CT molecular complexity index is 794. The SMILES string of the molecule is O=C(Nc1cc(C(F)(F)F)ccc1Cl)c1ccc(OC2CCSC2)nc1. The third-order valence-corrected chi connectivity index (χ3v) is 5.18. The summed E-state index contributed by atoms with van der Waals surface area (Å²) in [5.74, 6) is 1.74. The molecule has 26 heavy (non-hydrogen) atoms. The molecular weight excluding hydrogens is 389 g/mol. The van der Waals surface area contributed by atoms with Crippen LogP contribution in [0.5, 0.6) is 5.88 Å². The van der Waals surface area contributed by atoms with Crippen molar-refractivity contribution in [1.82, 2.24) is 4.98 Å². The number of nitrogens with zero attached hydrogens (tertiary/aromatic N) is 1. The molecular formula is C17H14ClF3N2O2S. The van der Waals surface area contributed by atoms with Crippen LogP contribution >= 0.6 is 23.4 Å². The highest BCUT2D eigenvalue weighted by Crippen LogP contribution is 2.34. The van der Waals surface area contributed by atoms with Gasteiger partial charge in [0.2, 0.25) is 5.88 Å². The fourth-order valence-corrected chi connectivity index (χ4v) is 3.61. The molecule has 0 bridgehead atoms. The Balaban J connectivity index is 1.69. The first kappa shape index (κ1) is 18.8. The van der Waals surface area contributed by atoms with Gasteiger partial charge < -0.3 is 10.1 Å². The number of ether oxygens (including phenoxy) is 1. The molecule has 1 saturated heterocycles. The summed E-state index contributed by atoms with van der Waals surface area (Å²) in [5, 5.41) is 2.39. The van der Waals surface area contributed by atoms with E-state index < -0.39 is 17.6 Å². The Kier molecular flexibility index (Phi) is 5.62. The molecule has 0 saturated carbocycles. The first-order valence-corrected chi connectivity index (χ1v) is 9.25. The number of carbonyl (C=O) groups is 1. The number of amides is 1. The molecule has 1 amide bonds. The van der Waals surface area contributed by atoms with Crippen LogP contribution < -0.4 is 10.1 Å². The van der Waals surface area contributed by atoms with E-state index in [9.17, 15) is 18.0 Å². The van der Waals surface area contributed by atoms with Crippen molar-refractivity contribution in [3.8, 4) is 5.88 Å². The number of hydrogen-bond donors (Lipinski definition) is 1. The van der Waals surface area contributed by atoms with Gasteiger partial charge in [-0.2, -0.15) is 24.9 Å². The minimum atomic E-state index is -4.52. The molecule has 0 radical (unpaired) electrons. The fraction of sp³-hybridized carbons (Fsp3) is 0.294. The molecule has 138 valence electrons. The van der Waals surface area contributed by atoms with Gasteiger partial charge in [0.15, 0.2) is 0 Å². The summed E-state index contributed by atoms with van der Waals surface area (Å²) in [4.78, 5) is 16.3. The summed E-state index contributed by atoms with van der Waals surface area (Å²) < 4.78 is 44.1. The van der Waals surface area contributed by atoms with Gasteiger partial charge in [0, 0.05) is 18.0 Å². The van der Waals surface area contributed by atoms with E-state index in [0.29, 0.717) is 5.88 Å². The van der Waals surface area contributed by atoms with Crippen LogP contribution in [0.1, 0.15) is 22.3 Å². The topological polar surface area (TPSA) is 51.2 Å². The molecule has 1 atom stereocenters. The molecule has 9 heteroatoms. The molecule has 2 heterocycles. The van der Waals surface area contributed by atoms with Crippen molar-refractivity contribution >= 4 is 35.0 Å². The van der Waals surface area contributed by atoms with Gasteiger partial charge in [0.05, 0.1) is 21.8 Å². The molecule has 1 fully saturated rings. The average Bonchev–Trinajstić information content (AvgIpc) is 3.09. The molecule has 0 aliphatic carbocycles. The van der Waals surface area contributed by atoms with Crippen LogP contribution in [0.3, 0.4) is 0 Å². The van der Waals surface area contributed by atoms with Crippen molar-refractivity contribution in [3.05, 3.63) is 52.7 Å². The van der Waals surface area contributed by atoms with E-state index in [0.717, 1.165) is 36.1 Å². The maximum Gasteiger partial charge on any atom is 0.416 e. The maximum atomic E-state index is 12.8. The third-order valence-electron chi connectivity index (χ3n) is 3.72. The lowest BCUT2D eigenvalue weighted by atomic mass is 10.2. The molecule has 1 aromatic heterocycles. The minimum absolute atomic E-state index is 0.0120. The smallest absolute Gasteiger partial charge is 0.416 e. The molecule has 1 aliphatic rings. The predicted molar refractivity (Wildman–Crippen MR) is 95.0 cm³/mol. The van der Waals surface area contributed by atoms with Gasteiger partial charge in [0.1, 0.15) is 6.10 Å². The van der Waals surface area contributed by atoms with Crippen LogP contribution in [-0.4, -0.2) is 28.5 Å². The second-order valence-corrected chi connectivity index (χ2v) is 7.19. The lowest BCUT2D eigenvalue weighted by molar-refractivity contribution is -0.137. The molecule has 1 N–H and O–H groups in total. The third kappa shape index (κ3) is 4.62. The summed E-state index contributed by atoms with van der Waals surface area (Å²) in [5.41, 5.74) is -0.824. The molecule has 4 nitrogen and oxygen atoms in total. The number of hydrogen-bond acceptors (Lipinski definition) is 4. The van der Waals surface area contributed by atoms with Gasteiger partial charge in [-0.15, -0.1) is 0 Å². The zero-order valence-electron chi connectivity index (χ0n) is 13.3. The first-order chi connectivity index (χ1) is 12.3. The lowest BCUT2D eigenvalue weighted by Gasteiger charge is -2.13. The highest BCUT2D eigenvalue weighted by atomic mass is 35.5. The van der Waals surface area contributed by atoms with E-state index in [1.54, 1.807) is 17.8 Å². The Morgan fingerprint density at radius 3 is 2.73 bits per heavy atom. The quantitative estimate of drug-likeness (QED) is 0.791. The van der Waals surface area contributed by atoms with Crippen LogP contribution in [0.15, 0.2) is 36.5 Å². The highest BCUT2D eigenvalue weighted by Gasteiger charge is 2.31. The van der Waals surface area contributed by atoms with E-state index in [1.807, 2.05) is 0 Å².